The topological polar surface area (TPSA) is 62.2 Å². The Labute approximate surface area is 204 Å². The van der Waals surface area contributed by atoms with Crippen LogP contribution in [0.5, 0.6) is 5.75 Å². The number of nitrogens with zero attached hydrogens (tertiary/aromatic N) is 3. The zero-order valence-corrected chi connectivity index (χ0v) is 20.3. The Kier molecular flexibility index (Phi) is 6.96. The molecule has 0 saturated carbocycles. The first-order chi connectivity index (χ1) is 16.8. The smallest absolute Gasteiger partial charge is 0.262 e. The third kappa shape index (κ3) is 5.09. The van der Waals surface area contributed by atoms with E-state index < -0.39 is 11.7 Å². The van der Waals surface area contributed by atoms with Crippen molar-refractivity contribution in [2.75, 3.05) is 20.7 Å². The molecule has 180 valence electrons. The molecule has 7 heteroatoms. The lowest BCUT2D eigenvalue weighted by atomic mass is 9.96. The van der Waals surface area contributed by atoms with Crippen molar-refractivity contribution < 1.29 is 18.7 Å². The van der Waals surface area contributed by atoms with E-state index in [2.05, 4.69) is 13.0 Å². The highest BCUT2D eigenvalue weighted by Gasteiger charge is 2.35. The summed E-state index contributed by atoms with van der Waals surface area (Å²) >= 11 is 0. The van der Waals surface area contributed by atoms with Gasteiger partial charge in [-0.3, -0.25) is 9.59 Å². The molecule has 3 aromatic rings. The Morgan fingerprint density at radius 1 is 1.06 bits per heavy atom. The number of rotatable bonds is 6. The molecule has 2 amide bonds. The predicted octanol–water partition coefficient (Wildman–Crippen LogP) is 4.90. The zero-order valence-electron chi connectivity index (χ0n) is 20.3. The quantitative estimate of drug-likeness (QED) is 0.512. The first-order valence-corrected chi connectivity index (χ1v) is 11.4. The van der Waals surface area contributed by atoms with E-state index in [0.717, 1.165) is 28.5 Å². The molecule has 35 heavy (non-hydrogen) atoms. The third-order valence-corrected chi connectivity index (χ3v) is 6.29. The Balaban J connectivity index is 1.64. The Hall–Kier alpha value is -4.00. The van der Waals surface area contributed by atoms with Crippen LogP contribution in [0.4, 0.5) is 4.39 Å². The van der Waals surface area contributed by atoms with Crippen LogP contribution in [0.3, 0.4) is 0 Å². The van der Waals surface area contributed by atoms with Crippen molar-refractivity contribution >= 4 is 17.5 Å². The molecule has 1 aliphatic heterocycles. The standard InChI is InChI=1S/C28H28FN3O3/c1-18-12-13-20(14-19(18)2)24-16-25(23-10-5-6-11-26(23)35-4)32(30-24)27(33)17-31(3)28(34)21-8-7-9-22(29)15-21/h5-15,25H,16-17H2,1-4H3/t25-/m1/s1. The van der Waals surface area contributed by atoms with Crippen LogP contribution < -0.4 is 4.74 Å². The number of carbonyl (C=O) groups is 2. The number of para-hydroxylation sites is 1. The number of hydrogen-bond donors (Lipinski definition) is 0. The van der Waals surface area contributed by atoms with E-state index in [4.69, 9.17) is 9.84 Å². The van der Waals surface area contributed by atoms with Gasteiger partial charge >= 0.3 is 0 Å². The minimum Gasteiger partial charge on any atom is -0.496 e. The van der Waals surface area contributed by atoms with E-state index in [1.54, 1.807) is 7.11 Å². The van der Waals surface area contributed by atoms with Gasteiger partial charge in [-0.1, -0.05) is 36.4 Å². The van der Waals surface area contributed by atoms with Crippen LogP contribution in [0.1, 0.15) is 45.1 Å². The van der Waals surface area contributed by atoms with E-state index in [9.17, 15) is 14.0 Å². The van der Waals surface area contributed by atoms with Gasteiger partial charge in [0.05, 0.1) is 18.9 Å². The van der Waals surface area contributed by atoms with Crippen molar-refractivity contribution in [1.82, 2.24) is 9.91 Å². The second-order valence-corrected chi connectivity index (χ2v) is 8.72. The molecule has 1 aliphatic rings. The molecule has 0 fully saturated rings. The number of hydrogen-bond acceptors (Lipinski definition) is 4. The van der Waals surface area contributed by atoms with Gasteiger partial charge in [0.25, 0.3) is 11.8 Å². The monoisotopic (exact) mass is 473 g/mol. The average molecular weight is 474 g/mol. The second kappa shape index (κ2) is 10.1. The number of carbonyl (C=O) groups excluding carboxylic acids is 2. The molecule has 0 unspecified atom stereocenters. The highest BCUT2D eigenvalue weighted by atomic mass is 19.1. The number of amides is 2. The molecule has 0 aliphatic carbocycles. The number of ether oxygens (including phenoxy) is 1. The summed E-state index contributed by atoms with van der Waals surface area (Å²) in [6, 6.07) is 18.7. The molecule has 0 radical (unpaired) electrons. The van der Waals surface area contributed by atoms with Crippen LogP contribution in [0.2, 0.25) is 0 Å². The molecule has 0 N–H and O–H groups in total. The lowest BCUT2D eigenvalue weighted by molar-refractivity contribution is -0.133. The van der Waals surface area contributed by atoms with Crippen LogP contribution in [0.25, 0.3) is 0 Å². The van der Waals surface area contributed by atoms with Gasteiger partial charge in [0, 0.05) is 24.6 Å². The summed E-state index contributed by atoms with van der Waals surface area (Å²) in [4.78, 5) is 27.5. The van der Waals surface area contributed by atoms with Gasteiger partial charge in [0.15, 0.2) is 0 Å². The Morgan fingerprint density at radius 2 is 1.83 bits per heavy atom. The summed E-state index contributed by atoms with van der Waals surface area (Å²) in [6.07, 6.45) is 0.510. The van der Waals surface area contributed by atoms with Crippen molar-refractivity contribution in [2.45, 2.75) is 26.3 Å². The van der Waals surface area contributed by atoms with Gasteiger partial charge in [-0.2, -0.15) is 5.10 Å². The van der Waals surface area contributed by atoms with Crippen LogP contribution in [0.15, 0.2) is 71.8 Å². The van der Waals surface area contributed by atoms with Gasteiger partial charge in [-0.25, -0.2) is 9.40 Å². The van der Waals surface area contributed by atoms with E-state index >= 15 is 0 Å². The molecule has 4 rings (SSSR count). The number of hydrazone groups is 1. The normalized spacial score (nSPS) is 15.1. The van der Waals surface area contributed by atoms with Crippen molar-refractivity contribution in [3.8, 4) is 5.75 Å². The van der Waals surface area contributed by atoms with Gasteiger partial charge < -0.3 is 9.64 Å². The van der Waals surface area contributed by atoms with E-state index in [1.807, 2.05) is 43.3 Å². The summed E-state index contributed by atoms with van der Waals surface area (Å²) in [5, 5.41) is 6.15. The first-order valence-electron chi connectivity index (χ1n) is 11.4. The number of aryl methyl sites for hydroxylation is 2. The summed E-state index contributed by atoms with van der Waals surface area (Å²) in [7, 11) is 3.11. The lowest BCUT2D eigenvalue weighted by Gasteiger charge is -2.26. The molecule has 6 nitrogen and oxygen atoms in total. The minimum absolute atomic E-state index is 0.183. The van der Waals surface area contributed by atoms with Crippen molar-refractivity contribution in [3.63, 3.8) is 0 Å². The lowest BCUT2D eigenvalue weighted by Crippen LogP contribution is -2.39. The maximum atomic E-state index is 13.6. The molecule has 0 saturated heterocycles. The fourth-order valence-corrected chi connectivity index (χ4v) is 4.21. The molecular weight excluding hydrogens is 445 g/mol. The van der Waals surface area contributed by atoms with Gasteiger partial charge in [0.2, 0.25) is 0 Å². The van der Waals surface area contributed by atoms with Crippen molar-refractivity contribution in [1.29, 1.82) is 0 Å². The maximum Gasteiger partial charge on any atom is 0.262 e. The summed E-state index contributed by atoms with van der Waals surface area (Å²) < 4.78 is 19.2. The Bertz CT molecular complexity index is 1300. The van der Waals surface area contributed by atoms with Crippen molar-refractivity contribution in [2.24, 2.45) is 5.10 Å². The first kappa shape index (κ1) is 24.1. The molecule has 0 aromatic heterocycles. The van der Waals surface area contributed by atoms with Crippen molar-refractivity contribution in [3.05, 3.63) is 100 Å². The average Bonchev–Trinajstić information content (AvgIpc) is 3.30. The number of benzene rings is 3. The van der Waals surface area contributed by atoms with Gasteiger partial charge in [-0.15, -0.1) is 0 Å². The number of methoxy groups -OCH3 is 1. The van der Waals surface area contributed by atoms with Gasteiger partial charge in [0.1, 0.15) is 18.1 Å². The van der Waals surface area contributed by atoms with E-state index in [-0.39, 0.29) is 24.1 Å². The number of likely N-dealkylation sites (N-methyl/N-ethyl adjacent to an activating group) is 1. The maximum absolute atomic E-state index is 13.6. The highest BCUT2D eigenvalue weighted by molar-refractivity contribution is 6.04. The largest absolute Gasteiger partial charge is 0.496 e. The van der Waals surface area contributed by atoms with Crippen LogP contribution in [-0.4, -0.2) is 48.1 Å². The summed E-state index contributed by atoms with van der Waals surface area (Å²) in [5.41, 5.74) is 5.08. The minimum atomic E-state index is -0.506. The highest BCUT2D eigenvalue weighted by Crippen LogP contribution is 2.37. The molecule has 1 heterocycles. The zero-order chi connectivity index (χ0) is 25.1. The van der Waals surface area contributed by atoms with E-state index in [1.165, 1.54) is 40.7 Å². The number of halogens is 1. The van der Waals surface area contributed by atoms with Crippen LogP contribution in [0, 0.1) is 19.7 Å². The molecule has 0 bridgehead atoms. The van der Waals surface area contributed by atoms with Gasteiger partial charge in [-0.05, 0) is 60.9 Å². The Morgan fingerprint density at radius 3 is 2.54 bits per heavy atom. The van der Waals surface area contributed by atoms with Crippen LogP contribution in [-0.2, 0) is 4.79 Å². The fourth-order valence-electron chi connectivity index (χ4n) is 4.21. The SMILES string of the molecule is COc1ccccc1[C@H]1CC(c2ccc(C)c(C)c2)=NN1C(=O)CN(C)C(=O)c1cccc(F)c1. The predicted molar refractivity (Wildman–Crippen MR) is 133 cm³/mol. The van der Waals surface area contributed by atoms with E-state index in [0.29, 0.717) is 12.2 Å². The second-order valence-electron chi connectivity index (χ2n) is 8.72. The molecule has 1 atom stereocenters. The summed E-state index contributed by atoms with van der Waals surface area (Å²) in [5.74, 6) is -0.624. The third-order valence-electron chi connectivity index (χ3n) is 6.29. The molecule has 0 spiro atoms. The molecule has 3 aromatic carbocycles. The summed E-state index contributed by atoms with van der Waals surface area (Å²) in [6.45, 7) is 3.89. The van der Waals surface area contributed by atoms with Crippen LogP contribution >= 0.6 is 0 Å². The molecular formula is C28H28FN3O3. The fraction of sp³-hybridized carbons (Fsp3) is 0.250.